The van der Waals surface area contributed by atoms with Crippen molar-refractivity contribution >= 4 is 12.0 Å². The average molecular weight is 319 g/mol. The zero-order chi connectivity index (χ0) is 17.0. The van der Waals surface area contributed by atoms with E-state index in [4.69, 9.17) is 14.2 Å². The molecule has 1 heterocycles. The SMILES string of the molecule is COc1ccc(/C=C(\C)C(=O)N2CC(C)OC(C)C2)cc1OC. The van der Waals surface area contributed by atoms with E-state index in [9.17, 15) is 4.79 Å². The summed E-state index contributed by atoms with van der Waals surface area (Å²) in [6.45, 7) is 7.07. The van der Waals surface area contributed by atoms with Gasteiger partial charge in [-0.2, -0.15) is 0 Å². The van der Waals surface area contributed by atoms with Crippen molar-refractivity contribution in [2.75, 3.05) is 27.3 Å². The highest BCUT2D eigenvalue weighted by Gasteiger charge is 2.26. The van der Waals surface area contributed by atoms with Gasteiger partial charge in [0.15, 0.2) is 11.5 Å². The second-order valence-corrected chi connectivity index (χ2v) is 5.91. The molecule has 1 aliphatic rings. The van der Waals surface area contributed by atoms with Gasteiger partial charge in [0.2, 0.25) is 5.91 Å². The van der Waals surface area contributed by atoms with E-state index in [2.05, 4.69) is 0 Å². The molecule has 1 saturated heterocycles. The first-order valence-electron chi connectivity index (χ1n) is 7.79. The van der Waals surface area contributed by atoms with E-state index in [0.717, 1.165) is 5.56 Å². The number of hydrogen-bond acceptors (Lipinski definition) is 4. The molecule has 1 fully saturated rings. The van der Waals surface area contributed by atoms with Crippen LogP contribution in [0.2, 0.25) is 0 Å². The lowest BCUT2D eigenvalue weighted by atomic mass is 10.1. The fourth-order valence-electron chi connectivity index (χ4n) is 2.85. The Morgan fingerprint density at radius 1 is 1.17 bits per heavy atom. The molecule has 0 saturated carbocycles. The summed E-state index contributed by atoms with van der Waals surface area (Å²) in [5, 5.41) is 0. The lowest BCUT2D eigenvalue weighted by Crippen LogP contribution is -2.48. The van der Waals surface area contributed by atoms with Crippen molar-refractivity contribution in [2.45, 2.75) is 33.0 Å². The van der Waals surface area contributed by atoms with E-state index in [0.29, 0.717) is 30.2 Å². The van der Waals surface area contributed by atoms with Gasteiger partial charge in [0.05, 0.1) is 26.4 Å². The number of amides is 1. The van der Waals surface area contributed by atoms with Gasteiger partial charge in [-0.1, -0.05) is 6.07 Å². The number of ether oxygens (including phenoxy) is 3. The second kappa shape index (κ2) is 7.51. The molecule has 23 heavy (non-hydrogen) atoms. The van der Waals surface area contributed by atoms with Crippen LogP contribution in [0, 0.1) is 0 Å². The number of nitrogens with zero attached hydrogens (tertiary/aromatic N) is 1. The number of hydrogen-bond donors (Lipinski definition) is 0. The summed E-state index contributed by atoms with van der Waals surface area (Å²) in [5.74, 6) is 1.36. The summed E-state index contributed by atoms with van der Waals surface area (Å²) in [7, 11) is 3.20. The van der Waals surface area contributed by atoms with E-state index >= 15 is 0 Å². The zero-order valence-electron chi connectivity index (χ0n) is 14.5. The maximum absolute atomic E-state index is 12.6. The van der Waals surface area contributed by atoms with Gasteiger partial charge in [-0.05, 0) is 44.5 Å². The number of morpholine rings is 1. The number of rotatable bonds is 4. The molecule has 2 atom stereocenters. The van der Waals surface area contributed by atoms with Crippen molar-refractivity contribution in [3.05, 3.63) is 29.3 Å². The fourth-order valence-corrected chi connectivity index (χ4v) is 2.85. The molecule has 2 unspecified atom stereocenters. The molecule has 1 amide bonds. The summed E-state index contributed by atoms with van der Waals surface area (Å²) in [5.41, 5.74) is 1.60. The summed E-state index contributed by atoms with van der Waals surface area (Å²) in [4.78, 5) is 14.5. The fraction of sp³-hybridized carbons (Fsp3) is 0.500. The highest BCUT2D eigenvalue weighted by molar-refractivity contribution is 5.97. The molecular weight excluding hydrogens is 294 g/mol. The molecule has 0 aliphatic carbocycles. The van der Waals surface area contributed by atoms with Crippen LogP contribution in [0.25, 0.3) is 6.08 Å². The minimum Gasteiger partial charge on any atom is -0.493 e. The maximum atomic E-state index is 12.6. The van der Waals surface area contributed by atoms with E-state index in [1.165, 1.54) is 0 Å². The molecule has 1 aromatic carbocycles. The molecule has 126 valence electrons. The van der Waals surface area contributed by atoms with Crippen LogP contribution in [0.1, 0.15) is 26.3 Å². The van der Waals surface area contributed by atoms with E-state index in [1.54, 1.807) is 14.2 Å². The first-order chi connectivity index (χ1) is 10.9. The Labute approximate surface area is 137 Å². The van der Waals surface area contributed by atoms with E-state index in [1.807, 2.05) is 49.9 Å². The molecule has 5 heteroatoms. The van der Waals surface area contributed by atoms with Gasteiger partial charge in [0.25, 0.3) is 0 Å². The van der Waals surface area contributed by atoms with Gasteiger partial charge in [-0.3, -0.25) is 4.79 Å². The van der Waals surface area contributed by atoms with Crippen LogP contribution in [0.4, 0.5) is 0 Å². The summed E-state index contributed by atoms with van der Waals surface area (Å²) >= 11 is 0. The predicted octanol–water partition coefficient (Wildman–Crippen LogP) is 2.74. The van der Waals surface area contributed by atoms with Crippen molar-refractivity contribution < 1.29 is 19.0 Å². The molecule has 2 rings (SSSR count). The standard InChI is InChI=1S/C18H25NO4/c1-12(18(20)19-10-13(2)23-14(3)11-19)8-15-6-7-16(21-4)17(9-15)22-5/h6-9,13-14H,10-11H2,1-5H3/b12-8+. The Hall–Kier alpha value is -2.01. The van der Waals surface area contributed by atoms with Crippen molar-refractivity contribution in [1.82, 2.24) is 4.90 Å². The molecule has 0 bridgehead atoms. The Kier molecular flexibility index (Phi) is 5.66. The maximum Gasteiger partial charge on any atom is 0.249 e. The monoisotopic (exact) mass is 319 g/mol. The Bertz CT molecular complexity index is 587. The van der Waals surface area contributed by atoms with Crippen LogP contribution >= 0.6 is 0 Å². The van der Waals surface area contributed by atoms with Gasteiger partial charge in [0.1, 0.15) is 0 Å². The van der Waals surface area contributed by atoms with E-state index in [-0.39, 0.29) is 18.1 Å². The third-order valence-electron chi connectivity index (χ3n) is 3.83. The Morgan fingerprint density at radius 3 is 2.35 bits per heavy atom. The predicted molar refractivity (Wildman–Crippen MR) is 89.8 cm³/mol. The zero-order valence-corrected chi connectivity index (χ0v) is 14.5. The van der Waals surface area contributed by atoms with Crippen LogP contribution in [-0.2, 0) is 9.53 Å². The van der Waals surface area contributed by atoms with E-state index < -0.39 is 0 Å². The minimum absolute atomic E-state index is 0.0433. The van der Waals surface area contributed by atoms with Crippen LogP contribution in [-0.4, -0.2) is 50.3 Å². The Morgan fingerprint density at radius 2 is 1.78 bits per heavy atom. The second-order valence-electron chi connectivity index (χ2n) is 5.91. The van der Waals surface area contributed by atoms with Gasteiger partial charge in [-0.15, -0.1) is 0 Å². The quantitative estimate of drug-likeness (QED) is 0.801. The van der Waals surface area contributed by atoms with Crippen molar-refractivity contribution in [3.63, 3.8) is 0 Å². The third kappa shape index (κ3) is 4.26. The van der Waals surface area contributed by atoms with Gasteiger partial charge in [-0.25, -0.2) is 0 Å². The minimum atomic E-state index is 0.0433. The van der Waals surface area contributed by atoms with Crippen molar-refractivity contribution in [2.24, 2.45) is 0 Å². The average Bonchev–Trinajstić information content (AvgIpc) is 2.52. The molecule has 0 N–H and O–H groups in total. The highest BCUT2D eigenvalue weighted by Crippen LogP contribution is 2.28. The lowest BCUT2D eigenvalue weighted by Gasteiger charge is -2.35. The molecule has 1 aromatic rings. The number of methoxy groups -OCH3 is 2. The molecule has 5 nitrogen and oxygen atoms in total. The summed E-state index contributed by atoms with van der Waals surface area (Å²) < 4.78 is 16.2. The summed E-state index contributed by atoms with van der Waals surface area (Å²) in [6.07, 6.45) is 2.00. The molecule has 1 aliphatic heterocycles. The lowest BCUT2D eigenvalue weighted by molar-refractivity contribution is -0.139. The first-order valence-corrected chi connectivity index (χ1v) is 7.79. The summed E-state index contributed by atoms with van der Waals surface area (Å²) in [6, 6.07) is 5.60. The number of carbonyl (C=O) groups is 1. The van der Waals surface area contributed by atoms with Crippen LogP contribution in [0.3, 0.4) is 0 Å². The molecule has 0 radical (unpaired) electrons. The van der Waals surface area contributed by atoms with Crippen LogP contribution in [0.15, 0.2) is 23.8 Å². The normalized spacial score (nSPS) is 22.0. The number of benzene rings is 1. The largest absolute Gasteiger partial charge is 0.493 e. The van der Waals surface area contributed by atoms with Crippen molar-refractivity contribution in [1.29, 1.82) is 0 Å². The smallest absolute Gasteiger partial charge is 0.249 e. The number of carbonyl (C=O) groups excluding carboxylic acids is 1. The van der Waals surface area contributed by atoms with Gasteiger partial charge in [0, 0.05) is 18.7 Å². The van der Waals surface area contributed by atoms with Crippen LogP contribution < -0.4 is 9.47 Å². The topological polar surface area (TPSA) is 48.0 Å². The highest BCUT2D eigenvalue weighted by atomic mass is 16.5. The Balaban J connectivity index is 2.17. The van der Waals surface area contributed by atoms with Crippen LogP contribution in [0.5, 0.6) is 11.5 Å². The first kappa shape index (κ1) is 17.3. The van der Waals surface area contributed by atoms with Gasteiger partial charge >= 0.3 is 0 Å². The third-order valence-corrected chi connectivity index (χ3v) is 3.83. The van der Waals surface area contributed by atoms with Crippen molar-refractivity contribution in [3.8, 4) is 11.5 Å². The molecule has 0 aromatic heterocycles. The van der Waals surface area contributed by atoms with Gasteiger partial charge < -0.3 is 19.1 Å². The molecular formula is C18H25NO4. The molecule has 0 spiro atoms.